The third-order valence-corrected chi connectivity index (χ3v) is 7.22. The summed E-state index contributed by atoms with van der Waals surface area (Å²) in [5.74, 6) is -0.0487. The van der Waals surface area contributed by atoms with Crippen molar-refractivity contribution < 1.29 is 17.9 Å². The second kappa shape index (κ2) is 7.35. The van der Waals surface area contributed by atoms with Crippen molar-refractivity contribution in [3.05, 3.63) is 89.7 Å². The van der Waals surface area contributed by atoms with Gasteiger partial charge in [-0.15, -0.1) is 0 Å². The summed E-state index contributed by atoms with van der Waals surface area (Å²) in [5, 5.41) is 8.48. The molecule has 32 heavy (non-hydrogen) atoms. The number of hydrogen-bond donors (Lipinski definition) is 1. The summed E-state index contributed by atoms with van der Waals surface area (Å²) in [4.78, 5) is 13.7. The van der Waals surface area contributed by atoms with E-state index in [-0.39, 0.29) is 10.6 Å². The van der Waals surface area contributed by atoms with E-state index in [1.807, 2.05) is 6.92 Å². The zero-order valence-electron chi connectivity index (χ0n) is 17.4. The molecule has 1 N–H and O–H groups in total. The molecule has 160 valence electrons. The fourth-order valence-electron chi connectivity index (χ4n) is 3.90. The second-order valence-corrected chi connectivity index (χ2v) is 9.20. The first-order valence-corrected chi connectivity index (χ1v) is 11.3. The molecule has 0 unspecified atom stereocenters. The summed E-state index contributed by atoms with van der Waals surface area (Å²) in [6.07, 6.45) is 0. The van der Waals surface area contributed by atoms with Crippen LogP contribution in [-0.4, -0.2) is 35.5 Å². The van der Waals surface area contributed by atoms with Gasteiger partial charge in [0.15, 0.2) is 0 Å². The summed E-state index contributed by atoms with van der Waals surface area (Å²) in [7, 11) is -2.61. The molecule has 0 radical (unpaired) electrons. The largest absolute Gasteiger partial charge is 0.495 e. The van der Waals surface area contributed by atoms with Gasteiger partial charge in [0.1, 0.15) is 17.0 Å². The number of carbonyl (C=O) groups is 1. The second-order valence-electron chi connectivity index (χ2n) is 7.41. The molecular formula is C24H19N3O4S. The number of carbonyl (C=O) groups excluding carboxylic acids is 1. The Morgan fingerprint density at radius 3 is 2.53 bits per heavy atom. The smallest absolute Gasteiger partial charge is 0.268 e. The lowest BCUT2D eigenvalue weighted by Gasteiger charge is -2.13. The molecule has 0 bridgehead atoms. The molecule has 0 atom stereocenters. The van der Waals surface area contributed by atoms with Gasteiger partial charge in [-0.1, -0.05) is 30.3 Å². The Morgan fingerprint density at radius 2 is 1.78 bits per heavy atom. The summed E-state index contributed by atoms with van der Waals surface area (Å²) in [6, 6.07) is 20.0. The van der Waals surface area contributed by atoms with E-state index in [2.05, 4.69) is 10.2 Å². The van der Waals surface area contributed by atoms with Crippen molar-refractivity contribution in [3.63, 3.8) is 0 Å². The van der Waals surface area contributed by atoms with E-state index >= 15 is 0 Å². The molecule has 2 aromatic heterocycles. The Labute approximate surface area is 184 Å². The molecule has 5 rings (SSSR count). The fourth-order valence-corrected chi connectivity index (χ4v) is 5.45. The van der Waals surface area contributed by atoms with Crippen molar-refractivity contribution in [3.8, 4) is 5.75 Å². The first-order chi connectivity index (χ1) is 15.4. The number of ketones is 1. The van der Waals surface area contributed by atoms with Crippen molar-refractivity contribution in [1.29, 1.82) is 0 Å². The number of benzene rings is 3. The van der Waals surface area contributed by atoms with Gasteiger partial charge in [-0.05, 0) is 49.4 Å². The van der Waals surface area contributed by atoms with Gasteiger partial charge in [-0.25, -0.2) is 12.4 Å². The van der Waals surface area contributed by atoms with E-state index < -0.39 is 15.8 Å². The third kappa shape index (κ3) is 2.99. The number of para-hydroxylation sites is 1. The van der Waals surface area contributed by atoms with E-state index in [1.165, 1.54) is 19.2 Å². The monoisotopic (exact) mass is 445 g/mol. The Balaban J connectivity index is 1.80. The lowest BCUT2D eigenvalue weighted by atomic mass is 10.1. The van der Waals surface area contributed by atoms with E-state index in [0.717, 1.165) is 20.6 Å². The van der Waals surface area contributed by atoms with Crippen LogP contribution < -0.4 is 4.74 Å². The molecule has 2 heterocycles. The molecule has 7 nitrogen and oxygen atoms in total. The molecule has 0 saturated heterocycles. The number of nitrogens with zero attached hydrogens (tertiary/aromatic N) is 2. The quantitative estimate of drug-likeness (QED) is 0.407. The molecule has 3 aromatic carbocycles. The average Bonchev–Trinajstić information content (AvgIpc) is 3.40. The normalized spacial score (nSPS) is 11.8. The Morgan fingerprint density at radius 1 is 1.00 bits per heavy atom. The van der Waals surface area contributed by atoms with Gasteiger partial charge in [0, 0.05) is 16.3 Å². The first kappa shape index (κ1) is 20.0. The molecule has 8 heteroatoms. The van der Waals surface area contributed by atoms with E-state index in [9.17, 15) is 13.2 Å². The minimum atomic E-state index is -4.08. The number of fused-ring (bicyclic) bond motifs is 2. The predicted octanol–water partition coefficient (Wildman–Crippen LogP) is 4.30. The summed E-state index contributed by atoms with van der Waals surface area (Å²) in [6.45, 7) is 1.84. The van der Waals surface area contributed by atoms with Crippen molar-refractivity contribution >= 4 is 37.6 Å². The van der Waals surface area contributed by atoms with Crippen LogP contribution in [-0.2, 0) is 10.0 Å². The van der Waals surface area contributed by atoms with Gasteiger partial charge in [0.25, 0.3) is 10.0 Å². The lowest BCUT2D eigenvalue weighted by molar-refractivity contribution is 0.103. The molecule has 0 aliphatic heterocycles. The maximum Gasteiger partial charge on any atom is 0.268 e. The van der Waals surface area contributed by atoms with Crippen molar-refractivity contribution in [2.24, 2.45) is 0 Å². The molecule has 0 aliphatic rings. The number of aromatic nitrogens is 3. The summed E-state index contributed by atoms with van der Waals surface area (Å²) in [5.41, 5.74) is 2.29. The summed E-state index contributed by atoms with van der Waals surface area (Å²) < 4.78 is 33.9. The van der Waals surface area contributed by atoms with E-state index in [0.29, 0.717) is 22.2 Å². The molecule has 0 spiro atoms. The van der Waals surface area contributed by atoms with Gasteiger partial charge < -0.3 is 4.74 Å². The summed E-state index contributed by atoms with van der Waals surface area (Å²) >= 11 is 0. The van der Waals surface area contributed by atoms with Crippen LogP contribution in [0.25, 0.3) is 21.8 Å². The number of aromatic amines is 1. The zero-order chi connectivity index (χ0) is 22.5. The third-order valence-electron chi connectivity index (χ3n) is 5.49. The molecule has 5 aromatic rings. The predicted molar refractivity (Wildman–Crippen MR) is 122 cm³/mol. The van der Waals surface area contributed by atoms with Crippen LogP contribution >= 0.6 is 0 Å². The lowest BCUT2D eigenvalue weighted by Crippen LogP contribution is -2.19. The van der Waals surface area contributed by atoms with Gasteiger partial charge in [0.05, 0.1) is 23.2 Å². The van der Waals surface area contributed by atoms with Gasteiger partial charge >= 0.3 is 0 Å². The number of nitrogens with one attached hydrogen (secondary N) is 1. The van der Waals surface area contributed by atoms with Gasteiger partial charge in [-0.2, -0.15) is 5.10 Å². The highest BCUT2D eigenvalue weighted by Gasteiger charge is 2.28. The average molecular weight is 446 g/mol. The van der Waals surface area contributed by atoms with Crippen LogP contribution in [0.1, 0.15) is 21.7 Å². The molecule has 0 fully saturated rings. The Kier molecular flexibility index (Phi) is 4.60. The standard InChI is InChI=1S/C24H19N3O4S/c1-15-19-13-17(11-12-20(19)26-25-15)24(28)21-14-16-7-6-10-22(31-2)23(16)27(21)32(29,30)18-8-4-3-5-9-18/h3-14H,1-2H3,(H,25,26). The molecular weight excluding hydrogens is 426 g/mol. The highest BCUT2D eigenvalue weighted by Crippen LogP contribution is 2.33. The van der Waals surface area contributed by atoms with Crippen molar-refractivity contribution in [1.82, 2.24) is 14.2 Å². The van der Waals surface area contributed by atoms with E-state index in [1.54, 1.807) is 60.7 Å². The SMILES string of the molecule is COc1cccc2cc(C(=O)c3ccc4[nH]nc(C)c4c3)n(S(=O)(=O)c3ccccc3)c12. The van der Waals surface area contributed by atoms with Crippen LogP contribution in [0.3, 0.4) is 0 Å². The van der Waals surface area contributed by atoms with Gasteiger partial charge in [-0.3, -0.25) is 9.89 Å². The van der Waals surface area contributed by atoms with Crippen LogP contribution in [0.2, 0.25) is 0 Å². The fraction of sp³-hybridized carbons (Fsp3) is 0.0833. The van der Waals surface area contributed by atoms with Crippen LogP contribution in [0.15, 0.2) is 77.7 Å². The minimum Gasteiger partial charge on any atom is -0.495 e. The van der Waals surface area contributed by atoms with Crippen molar-refractivity contribution in [2.45, 2.75) is 11.8 Å². The van der Waals surface area contributed by atoms with Gasteiger partial charge in [0.2, 0.25) is 5.78 Å². The molecule has 0 aliphatic carbocycles. The number of hydrogen-bond acceptors (Lipinski definition) is 5. The highest BCUT2D eigenvalue weighted by molar-refractivity contribution is 7.90. The minimum absolute atomic E-state index is 0.0360. The van der Waals surface area contributed by atoms with Crippen LogP contribution in [0.4, 0.5) is 0 Å². The number of H-pyrrole nitrogens is 1. The number of ether oxygens (including phenoxy) is 1. The highest BCUT2D eigenvalue weighted by atomic mass is 32.2. The van der Waals surface area contributed by atoms with Crippen LogP contribution in [0, 0.1) is 6.92 Å². The molecule has 0 saturated carbocycles. The Bertz CT molecular complexity index is 1600. The van der Waals surface area contributed by atoms with Crippen LogP contribution in [0.5, 0.6) is 5.75 Å². The zero-order valence-corrected chi connectivity index (χ0v) is 18.2. The number of rotatable bonds is 5. The maximum atomic E-state index is 13.7. The number of methoxy groups -OCH3 is 1. The number of aryl methyl sites for hydroxylation is 1. The van der Waals surface area contributed by atoms with Crippen molar-refractivity contribution in [2.75, 3.05) is 7.11 Å². The maximum absolute atomic E-state index is 13.7. The van der Waals surface area contributed by atoms with E-state index in [4.69, 9.17) is 4.74 Å². The Hall–Kier alpha value is -3.91. The first-order valence-electron chi connectivity index (χ1n) is 9.90. The topological polar surface area (TPSA) is 94.1 Å². The molecule has 0 amide bonds.